The Hall–Kier alpha value is -2.29. The molecular weight excluding hydrogens is 367 g/mol. The number of benzene rings is 1. The van der Waals surface area contributed by atoms with E-state index in [-0.39, 0.29) is 11.6 Å². The zero-order valence-electron chi connectivity index (χ0n) is 15.1. The molecule has 3 aromatic rings. The molecule has 27 heavy (non-hydrogen) atoms. The highest BCUT2D eigenvalue weighted by atomic mass is 32.1. The van der Waals surface area contributed by atoms with Crippen molar-refractivity contribution in [2.75, 3.05) is 33.3 Å². The molecular formula is C19H21FN4O2S. The van der Waals surface area contributed by atoms with Gasteiger partial charge in [-0.25, -0.2) is 4.39 Å². The van der Waals surface area contributed by atoms with Crippen molar-refractivity contribution in [3.8, 4) is 16.5 Å². The van der Waals surface area contributed by atoms with Crippen LogP contribution in [0.5, 0.6) is 5.75 Å². The number of ether oxygens (including phenoxy) is 1. The summed E-state index contributed by atoms with van der Waals surface area (Å²) in [6, 6.07) is 9.09. The third-order valence-corrected chi connectivity index (χ3v) is 5.50. The van der Waals surface area contributed by atoms with Crippen LogP contribution in [0.1, 0.15) is 11.5 Å². The molecule has 0 spiro atoms. The minimum absolute atomic E-state index is 0.282. The lowest BCUT2D eigenvalue weighted by Crippen LogP contribution is -2.45. The summed E-state index contributed by atoms with van der Waals surface area (Å²) in [5.41, 5.74) is 0.958. The van der Waals surface area contributed by atoms with Gasteiger partial charge in [-0.2, -0.15) is 0 Å². The van der Waals surface area contributed by atoms with Crippen molar-refractivity contribution in [2.45, 2.75) is 13.1 Å². The van der Waals surface area contributed by atoms with Crippen molar-refractivity contribution >= 4 is 11.3 Å². The first kappa shape index (κ1) is 18.1. The second kappa shape index (κ2) is 8.16. The molecule has 0 saturated carbocycles. The summed E-state index contributed by atoms with van der Waals surface area (Å²) in [5, 5.41) is 10.3. The van der Waals surface area contributed by atoms with E-state index in [1.165, 1.54) is 7.11 Å². The van der Waals surface area contributed by atoms with Crippen LogP contribution < -0.4 is 4.74 Å². The highest BCUT2D eigenvalue weighted by Crippen LogP contribution is 2.23. The van der Waals surface area contributed by atoms with E-state index in [0.717, 1.165) is 43.2 Å². The van der Waals surface area contributed by atoms with Gasteiger partial charge in [0.1, 0.15) is 0 Å². The molecule has 0 aliphatic carbocycles. The van der Waals surface area contributed by atoms with Gasteiger partial charge in [0.2, 0.25) is 5.89 Å². The molecule has 3 heterocycles. The van der Waals surface area contributed by atoms with Gasteiger partial charge in [0, 0.05) is 32.7 Å². The van der Waals surface area contributed by atoms with Crippen molar-refractivity contribution in [3.63, 3.8) is 0 Å². The van der Waals surface area contributed by atoms with Crippen LogP contribution in [0.4, 0.5) is 4.39 Å². The van der Waals surface area contributed by atoms with Gasteiger partial charge < -0.3 is 9.15 Å². The number of piperazine rings is 1. The molecule has 1 aromatic carbocycles. The molecule has 0 N–H and O–H groups in total. The standard InChI is InChI=1S/C19H21FN4O2S/c1-25-16-5-4-14(11-15(16)20)12-23-6-8-24(9-7-23)13-18-21-22-19(26-18)17-3-2-10-27-17/h2-5,10-11H,6-9,12-13H2,1H3. The van der Waals surface area contributed by atoms with E-state index < -0.39 is 0 Å². The van der Waals surface area contributed by atoms with Gasteiger partial charge in [-0.1, -0.05) is 12.1 Å². The monoisotopic (exact) mass is 388 g/mol. The molecule has 1 aliphatic rings. The first-order chi connectivity index (χ1) is 13.2. The topological polar surface area (TPSA) is 54.6 Å². The maximum Gasteiger partial charge on any atom is 0.257 e. The number of thiophene rings is 1. The third-order valence-electron chi connectivity index (χ3n) is 4.64. The average molecular weight is 388 g/mol. The van der Waals surface area contributed by atoms with Gasteiger partial charge in [0.15, 0.2) is 11.6 Å². The average Bonchev–Trinajstić information content (AvgIpc) is 3.35. The van der Waals surface area contributed by atoms with Crippen molar-refractivity contribution in [1.29, 1.82) is 0 Å². The van der Waals surface area contributed by atoms with E-state index >= 15 is 0 Å². The molecule has 0 radical (unpaired) electrons. The number of halogens is 1. The molecule has 0 amide bonds. The molecule has 4 rings (SSSR count). The fourth-order valence-electron chi connectivity index (χ4n) is 3.18. The molecule has 2 aromatic heterocycles. The highest BCUT2D eigenvalue weighted by molar-refractivity contribution is 7.13. The summed E-state index contributed by atoms with van der Waals surface area (Å²) in [4.78, 5) is 5.62. The van der Waals surface area contributed by atoms with Gasteiger partial charge in [-0.3, -0.25) is 9.80 Å². The number of aromatic nitrogens is 2. The van der Waals surface area contributed by atoms with Crippen LogP contribution in [0, 0.1) is 5.82 Å². The van der Waals surface area contributed by atoms with Crippen LogP contribution in [0.15, 0.2) is 40.1 Å². The smallest absolute Gasteiger partial charge is 0.257 e. The van der Waals surface area contributed by atoms with Gasteiger partial charge in [0.25, 0.3) is 5.89 Å². The first-order valence-electron chi connectivity index (χ1n) is 8.84. The van der Waals surface area contributed by atoms with E-state index in [2.05, 4.69) is 20.0 Å². The predicted octanol–water partition coefficient (Wildman–Crippen LogP) is 3.26. The van der Waals surface area contributed by atoms with E-state index in [4.69, 9.17) is 9.15 Å². The van der Waals surface area contributed by atoms with Gasteiger partial charge >= 0.3 is 0 Å². The quantitative estimate of drug-likeness (QED) is 0.646. The minimum atomic E-state index is -0.313. The molecule has 1 aliphatic heterocycles. The van der Waals surface area contributed by atoms with Gasteiger partial charge in [-0.15, -0.1) is 21.5 Å². The Kier molecular flexibility index (Phi) is 5.47. The van der Waals surface area contributed by atoms with Crippen LogP contribution in [-0.4, -0.2) is 53.3 Å². The Labute approximate surface area is 161 Å². The van der Waals surface area contributed by atoms with E-state index in [1.54, 1.807) is 23.5 Å². The fourth-order valence-corrected chi connectivity index (χ4v) is 3.82. The Morgan fingerprint density at radius 1 is 1.11 bits per heavy atom. The maximum absolute atomic E-state index is 13.8. The lowest BCUT2D eigenvalue weighted by Gasteiger charge is -2.33. The van der Waals surface area contributed by atoms with E-state index in [0.29, 0.717) is 18.3 Å². The normalized spacial score (nSPS) is 15.9. The Morgan fingerprint density at radius 3 is 2.56 bits per heavy atom. The van der Waals surface area contributed by atoms with E-state index in [1.807, 2.05) is 23.6 Å². The van der Waals surface area contributed by atoms with E-state index in [9.17, 15) is 4.39 Å². The predicted molar refractivity (Wildman–Crippen MR) is 101 cm³/mol. The van der Waals surface area contributed by atoms with Crippen LogP contribution in [-0.2, 0) is 13.1 Å². The van der Waals surface area contributed by atoms with Crippen molar-refractivity contribution < 1.29 is 13.5 Å². The lowest BCUT2D eigenvalue weighted by molar-refractivity contribution is 0.114. The van der Waals surface area contributed by atoms with Crippen LogP contribution in [0.25, 0.3) is 10.8 Å². The maximum atomic E-state index is 13.8. The Morgan fingerprint density at radius 2 is 1.89 bits per heavy atom. The number of methoxy groups -OCH3 is 1. The molecule has 6 nitrogen and oxygen atoms in total. The summed E-state index contributed by atoms with van der Waals surface area (Å²) in [6.45, 7) is 5.05. The largest absolute Gasteiger partial charge is 0.494 e. The summed E-state index contributed by atoms with van der Waals surface area (Å²) in [6.07, 6.45) is 0. The highest BCUT2D eigenvalue weighted by Gasteiger charge is 2.20. The number of rotatable bonds is 6. The van der Waals surface area contributed by atoms with Gasteiger partial charge in [-0.05, 0) is 29.1 Å². The number of nitrogens with zero attached hydrogens (tertiary/aromatic N) is 4. The van der Waals surface area contributed by atoms with Crippen molar-refractivity contribution in [1.82, 2.24) is 20.0 Å². The summed E-state index contributed by atoms with van der Waals surface area (Å²) in [5.74, 6) is 1.20. The number of hydrogen-bond donors (Lipinski definition) is 0. The van der Waals surface area contributed by atoms with Crippen LogP contribution >= 0.6 is 11.3 Å². The molecule has 1 fully saturated rings. The minimum Gasteiger partial charge on any atom is -0.494 e. The number of hydrogen-bond acceptors (Lipinski definition) is 7. The molecule has 0 bridgehead atoms. The third kappa shape index (κ3) is 4.35. The molecule has 1 saturated heterocycles. The second-order valence-corrected chi connectivity index (χ2v) is 7.45. The second-order valence-electron chi connectivity index (χ2n) is 6.50. The lowest BCUT2D eigenvalue weighted by atomic mass is 10.2. The molecule has 142 valence electrons. The fraction of sp³-hybridized carbons (Fsp3) is 0.368. The molecule has 0 atom stereocenters. The van der Waals surface area contributed by atoms with Crippen LogP contribution in [0.3, 0.4) is 0 Å². The molecule has 8 heteroatoms. The summed E-state index contributed by atoms with van der Waals surface area (Å²) < 4.78 is 24.6. The van der Waals surface area contributed by atoms with Crippen molar-refractivity contribution in [2.24, 2.45) is 0 Å². The Bertz CT molecular complexity index is 876. The van der Waals surface area contributed by atoms with Gasteiger partial charge in [0.05, 0.1) is 18.5 Å². The van der Waals surface area contributed by atoms with Crippen LogP contribution in [0.2, 0.25) is 0 Å². The summed E-state index contributed by atoms with van der Waals surface area (Å²) >= 11 is 1.59. The molecule has 0 unspecified atom stereocenters. The Balaban J connectivity index is 1.28. The van der Waals surface area contributed by atoms with Crippen molar-refractivity contribution in [3.05, 3.63) is 53.0 Å². The SMILES string of the molecule is COc1ccc(CN2CCN(Cc3nnc(-c4cccs4)o3)CC2)cc1F. The zero-order valence-corrected chi connectivity index (χ0v) is 15.9. The summed E-state index contributed by atoms with van der Waals surface area (Å²) in [7, 11) is 1.48. The zero-order chi connectivity index (χ0) is 18.6. The first-order valence-corrected chi connectivity index (χ1v) is 9.72.